The molecule has 0 amide bonds. The molecule has 1 aliphatic rings. The Labute approximate surface area is 102 Å². The van der Waals surface area contributed by atoms with Gasteiger partial charge in [-0.3, -0.25) is 0 Å². The standard InChI is InChI=1S/C13H22N2S/c1-10-7-8-16-13(10)15(2)9-11-3-5-12(14)6-4-11/h7-8,11-12H,3-6,9,14H2,1-2H3. The van der Waals surface area contributed by atoms with E-state index < -0.39 is 0 Å². The van der Waals surface area contributed by atoms with Crippen molar-refractivity contribution in [3.05, 3.63) is 17.0 Å². The summed E-state index contributed by atoms with van der Waals surface area (Å²) < 4.78 is 0. The minimum absolute atomic E-state index is 0.463. The molecule has 0 atom stereocenters. The summed E-state index contributed by atoms with van der Waals surface area (Å²) in [7, 11) is 2.22. The Kier molecular flexibility index (Phi) is 3.87. The number of nitrogens with zero attached hydrogens (tertiary/aromatic N) is 1. The minimum atomic E-state index is 0.463. The van der Waals surface area contributed by atoms with Gasteiger partial charge in [-0.25, -0.2) is 0 Å². The molecular weight excluding hydrogens is 216 g/mol. The Hall–Kier alpha value is -0.540. The highest BCUT2D eigenvalue weighted by Gasteiger charge is 2.20. The molecule has 3 heteroatoms. The van der Waals surface area contributed by atoms with Crippen molar-refractivity contribution in [2.75, 3.05) is 18.5 Å². The van der Waals surface area contributed by atoms with Crippen LogP contribution in [-0.2, 0) is 0 Å². The third-order valence-corrected chi connectivity index (χ3v) is 4.73. The molecule has 0 aliphatic heterocycles. The van der Waals surface area contributed by atoms with Gasteiger partial charge in [0.15, 0.2) is 0 Å². The van der Waals surface area contributed by atoms with Crippen LogP contribution in [0.15, 0.2) is 11.4 Å². The van der Waals surface area contributed by atoms with E-state index in [1.54, 1.807) is 0 Å². The second-order valence-corrected chi connectivity index (χ2v) is 5.96. The molecule has 0 bridgehead atoms. The molecule has 0 radical (unpaired) electrons. The first-order valence-corrected chi connectivity index (χ1v) is 7.05. The molecule has 16 heavy (non-hydrogen) atoms. The van der Waals surface area contributed by atoms with E-state index in [0.29, 0.717) is 6.04 Å². The lowest BCUT2D eigenvalue weighted by molar-refractivity contribution is 0.330. The zero-order valence-electron chi connectivity index (χ0n) is 10.3. The number of aryl methyl sites for hydroxylation is 1. The second-order valence-electron chi connectivity index (χ2n) is 5.07. The summed E-state index contributed by atoms with van der Waals surface area (Å²) >= 11 is 1.85. The van der Waals surface area contributed by atoms with Gasteiger partial charge in [0.25, 0.3) is 0 Å². The van der Waals surface area contributed by atoms with E-state index in [9.17, 15) is 0 Å². The van der Waals surface area contributed by atoms with Crippen LogP contribution in [0.2, 0.25) is 0 Å². The van der Waals surface area contributed by atoms with Crippen molar-refractivity contribution in [3.8, 4) is 0 Å². The molecule has 1 aromatic heterocycles. The highest BCUT2D eigenvalue weighted by molar-refractivity contribution is 7.14. The van der Waals surface area contributed by atoms with Gasteiger partial charge in [-0.05, 0) is 55.5 Å². The van der Waals surface area contributed by atoms with Gasteiger partial charge in [-0.15, -0.1) is 11.3 Å². The van der Waals surface area contributed by atoms with Crippen LogP contribution in [0.25, 0.3) is 0 Å². The largest absolute Gasteiger partial charge is 0.366 e. The Morgan fingerprint density at radius 2 is 2.06 bits per heavy atom. The Morgan fingerprint density at radius 3 is 2.62 bits per heavy atom. The molecule has 2 N–H and O–H groups in total. The molecule has 1 aliphatic carbocycles. The van der Waals surface area contributed by atoms with Gasteiger partial charge >= 0.3 is 0 Å². The van der Waals surface area contributed by atoms with Crippen molar-refractivity contribution >= 4 is 16.3 Å². The molecule has 0 unspecified atom stereocenters. The van der Waals surface area contributed by atoms with Crippen LogP contribution in [0.3, 0.4) is 0 Å². The van der Waals surface area contributed by atoms with Crippen LogP contribution in [0.1, 0.15) is 31.2 Å². The summed E-state index contributed by atoms with van der Waals surface area (Å²) in [5.74, 6) is 0.839. The average molecular weight is 238 g/mol. The molecule has 2 nitrogen and oxygen atoms in total. The predicted octanol–water partition coefficient (Wildman–Crippen LogP) is 3.01. The summed E-state index contributed by atoms with van der Waals surface area (Å²) in [5, 5.41) is 3.60. The molecule has 0 aromatic carbocycles. The van der Waals surface area contributed by atoms with Gasteiger partial charge in [-0.1, -0.05) is 0 Å². The number of hydrogen-bond donors (Lipinski definition) is 1. The smallest absolute Gasteiger partial charge is 0.0935 e. The molecule has 1 saturated carbocycles. The molecule has 1 heterocycles. The normalized spacial score (nSPS) is 25.7. The molecule has 1 aromatic rings. The molecular formula is C13H22N2S. The third kappa shape index (κ3) is 2.77. The maximum Gasteiger partial charge on any atom is 0.0935 e. The summed E-state index contributed by atoms with van der Waals surface area (Å²) in [5.41, 5.74) is 7.34. The lowest BCUT2D eigenvalue weighted by atomic mass is 9.86. The summed E-state index contributed by atoms with van der Waals surface area (Å²) in [4.78, 5) is 2.42. The quantitative estimate of drug-likeness (QED) is 0.877. The van der Waals surface area contributed by atoms with Crippen molar-refractivity contribution in [3.63, 3.8) is 0 Å². The number of hydrogen-bond acceptors (Lipinski definition) is 3. The van der Waals surface area contributed by atoms with Crippen LogP contribution in [-0.4, -0.2) is 19.6 Å². The monoisotopic (exact) mass is 238 g/mol. The first kappa shape index (κ1) is 11.9. The molecule has 1 fully saturated rings. The van der Waals surface area contributed by atoms with Gasteiger partial charge in [0.05, 0.1) is 5.00 Å². The second kappa shape index (κ2) is 5.19. The summed E-state index contributed by atoms with van der Waals surface area (Å²) in [6.07, 6.45) is 5.02. The van der Waals surface area contributed by atoms with E-state index in [0.717, 1.165) is 5.92 Å². The van der Waals surface area contributed by atoms with Crippen molar-refractivity contribution < 1.29 is 0 Å². The predicted molar refractivity (Wildman–Crippen MR) is 72.3 cm³/mol. The van der Waals surface area contributed by atoms with Crippen molar-refractivity contribution in [2.45, 2.75) is 38.6 Å². The first-order chi connectivity index (χ1) is 7.66. The number of nitrogens with two attached hydrogens (primary N) is 1. The van der Waals surface area contributed by atoms with Crippen LogP contribution in [0.5, 0.6) is 0 Å². The van der Waals surface area contributed by atoms with Gasteiger partial charge in [-0.2, -0.15) is 0 Å². The third-order valence-electron chi connectivity index (χ3n) is 3.61. The fraction of sp³-hybridized carbons (Fsp3) is 0.692. The highest BCUT2D eigenvalue weighted by Crippen LogP contribution is 2.29. The van der Waals surface area contributed by atoms with Crippen LogP contribution in [0.4, 0.5) is 5.00 Å². The SMILES string of the molecule is Cc1ccsc1N(C)CC1CCC(N)CC1. The Morgan fingerprint density at radius 1 is 1.38 bits per heavy atom. The van der Waals surface area contributed by atoms with Gasteiger partial charge in [0, 0.05) is 19.6 Å². The highest BCUT2D eigenvalue weighted by atomic mass is 32.1. The van der Waals surface area contributed by atoms with Gasteiger partial charge in [0.1, 0.15) is 0 Å². The fourth-order valence-electron chi connectivity index (χ4n) is 2.60. The first-order valence-electron chi connectivity index (χ1n) is 6.17. The van der Waals surface area contributed by atoms with Crippen molar-refractivity contribution in [1.29, 1.82) is 0 Å². The Bertz CT molecular complexity index is 326. The van der Waals surface area contributed by atoms with Crippen molar-refractivity contribution in [1.82, 2.24) is 0 Å². The van der Waals surface area contributed by atoms with Crippen LogP contribution in [0, 0.1) is 12.8 Å². The van der Waals surface area contributed by atoms with Crippen molar-refractivity contribution in [2.24, 2.45) is 11.7 Å². The topological polar surface area (TPSA) is 29.3 Å². The zero-order valence-corrected chi connectivity index (χ0v) is 11.1. The fourth-order valence-corrected chi connectivity index (χ4v) is 3.51. The minimum Gasteiger partial charge on any atom is -0.366 e. The lowest BCUT2D eigenvalue weighted by Gasteiger charge is -2.30. The van der Waals surface area contributed by atoms with Gasteiger partial charge in [0.2, 0.25) is 0 Å². The van der Waals surface area contributed by atoms with E-state index >= 15 is 0 Å². The van der Waals surface area contributed by atoms with Crippen LogP contribution < -0.4 is 10.6 Å². The number of thiophene rings is 1. The maximum absolute atomic E-state index is 5.93. The zero-order chi connectivity index (χ0) is 11.5. The number of rotatable bonds is 3. The molecule has 2 rings (SSSR count). The van der Waals surface area contributed by atoms with E-state index in [4.69, 9.17) is 5.73 Å². The van der Waals surface area contributed by atoms with E-state index in [-0.39, 0.29) is 0 Å². The number of anilines is 1. The van der Waals surface area contributed by atoms with E-state index in [1.165, 1.54) is 42.8 Å². The molecule has 0 saturated heterocycles. The summed E-state index contributed by atoms with van der Waals surface area (Å²) in [6, 6.07) is 2.66. The molecule has 0 spiro atoms. The average Bonchev–Trinajstić information content (AvgIpc) is 2.68. The van der Waals surface area contributed by atoms with E-state index in [1.807, 2.05) is 11.3 Å². The maximum atomic E-state index is 5.93. The molecule has 90 valence electrons. The lowest BCUT2D eigenvalue weighted by Crippen LogP contribution is -2.32. The Balaban J connectivity index is 1.88. The summed E-state index contributed by atoms with van der Waals surface area (Å²) in [6.45, 7) is 3.38. The van der Waals surface area contributed by atoms with Gasteiger partial charge < -0.3 is 10.6 Å². The van der Waals surface area contributed by atoms with Crippen LogP contribution >= 0.6 is 11.3 Å². The van der Waals surface area contributed by atoms with E-state index in [2.05, 4.69) is 30.3 Å².